The Labute approximate surface area is 183 Å². The number of carbonyl (C=O) groups excluding carboxylic acids is 1. The summed E-state index contributed by atoms with van der Waals surface area (Å²) in [5.41, 5.74) is 0.643. The number of nitrogens with one attached hydrogen (secondary N) is 1. The van der Waals surface area contributed by atoms with Crippen molar-refractivity contribution in [3.63, 3.8) is 0 Å². The highest BCUT2D eigenvalue weighted by molar-refractivity contribution is 5.95. The number of benzene rings is 2. The molecule has 0 spiro atoms. The summed E-state index contributed by atoms with van der Waals surface area (Å²) in [4.78, 5) is 25.3. The summed E-state index contributed by atoms with van der Waals surface area (Å²) in [6, 6.07) is 4.59. The van der Waals surface area contributed by atoms with Crippen LogP contribution in [0.5, 0.6) is 11.5 Å². The van der Waals surface area contributed by atoms with E-state index in [-0.39, 0.29) is 23.3 Å². The second-order valence-corrected chi connectivity index (χ2v) is 8.46. The number of anilines is 1. The predicted molar refractivity (Wildman–Crippen MR) is 115 cm³/mol. The van der Waals surface area contributed by atoms with Gasteiger partial charge in [0.05, 0.1) is 30.2 Å². The fraction of sp³-hybridized carbons (Fsp3) is 0.333. The Morgan fingerprint density at radius 3 is 2.69 bits per heavy atom. The van der Waals surface area contributed by atoms with E-state index in [4.69, 9.17) is 13.9 Å². The Hall–Kier alpha value is -3.42. The van der Waals surface area contributed by atoms with Gasteiger partial charge in [-0.25, -0.2) is 13.6 Å². The first-order valence-electron chi connectivity index (χ1n) is 10.2. The lowest BCUT2D eigenvalue weighted by Gasteiger charge is -2.33. The van der Waals surface area contributed by atoms with Crippen LogP contribution in [0.2, 0.25) is 0 Å². The number of amides is 1. The molecule has 8 heteroatoms. The van der Waals surface area contributed by atoms with Crippen molar-refractivity contribution in [2.45, 2.75) is 45.6 Å². The number of hydrogen-bond acceptors (Lipinski definition) is 5. The Morgan fingerprint density at radius 1 is 1.25 bits per heavy atom. The Morgan fingerprint density at radius 2 is 2.00 bits per heavy atom. The van der Waals surface area contributed by atoms with Crippen molar-refractivity contribution >= 4 is 22.6 Å². The molecular weight excluding hydrogens is 420 g/mol. The average molecular weight is 443 g/mol. The molecule has 0 aliphatic carbocycles. The van der Waals surface area contributed by atoms with E-state index in [9.17, 15) is 18.4 Å². The van der Waals surface area contributed by atoms with Gasteiger partial charge in [0.25, 0.3) is 0 Å². The highest BCUT2D eigenvalue weighted by atomic mass is 19.1. The highest BCUT2D eigenvalue weighted by Gasteiger charge is 2.31. The van der Waals surface area contributed by atoms with E-state index in [1.165, 1.54) is 7.11 Å². The Bertz CT molecular complexity index is 1300. The van der Waals surface area contributed by atoms with Crippen LogP contribution in [-0.4, -0.2) is 18.6 Å². The zero-order chi connectivity index (χ0) is 23.2. The number of halogens is 2. The van der Waals surface area contributed by atoms with E-state index in [1.807, 2.05) is 13.8 Å². The van der Waals surface area contributed by atoms with Gasteiger partial charge in [0, 0.05) is 17.7 Å². The van der Waals surface area contributed by atoms with Crippen LogP contribution in [0, 0.1) is 18.6 Å². The number of ether oxygens (including phenoxy) is 2. The van der Waals surface area contributed by atoms with Gasteiger partial charge in [-0.15, -0.1) is 0 Å². The number of carbonyl (C=O) groups is 1. The topological polar surface area (TPSA) is 77.8 Å². The standard InChI is InChI=1S/C24H23F2NO5/c1-12-15(10-20(28)27-17-6-5-13(25)9-16(17)26)23(29)31-22-14-7-8-24(2,3)32-18(14)11-19(30-4)21(12)22/h5-6,9,11H,7-8,10H2,1-4H3,(H,27,28). The van der Waals surface area contributed by atoms with Crippen molar-refractivity contribution in [2.75, 3.05) is 12.4 Å². The summed E-state index contributed by atoms with van der Waals surface area (Å²) >= 11 is 0. The normalized spacial score (nSPS) is 14.6. The third-order valence-electron chi connectivity index (χ3n) is 5.70. The van der Waals surface area contributed by atoms with Crippen LogP contribution in [0.15, 0.2) is 33.5 Å². The molecule has 2 aromatic carbocycles. The van der Waals surface area contributed by atoms with Gasteiger partial charge in [-0.3, -0.25) is 4.79 Å². The SMILES string of the molecule is COc1cc2c(c3oc(=O)c(CC(=O)Nc4ccc(F)cc4F)c(C)c13)CCC(C)(C)O2. The zero-order valence-corrected chi connectivity index (χ0v) is 18.2. The molecule has 0 bridgehead atoms. The van der Waals surface area contributed by atoms with Crippen LogP contribution in [0.4, 0.5) is 14.5 Å². The number of rotatable bonds is 4. The first-order valence-corrected chi connectivity index (χ1v) is 10.2. The largest absolute Gasteiger partial charge is 0.496 e. The molecule has 6 nitrogen and oxygen atoms in total. The van der Waals surface area contributed by atoms with Crippen LogP contribution in [0.1, 0.15) is 37.0 Å². The number of hydrogen-bond donors (Lipinski definition) is 1. The van der Waals surface area contributed by atoms with Crippen molar-refractivity contribution in [2.24, 2.45) is 0 Å². The van der Waals surface area contributed by atoms with Crippen molar-refractivity contribution in [1.82, 2.24) is 0 Å². The van der Waals surface area contributed by atoms with E-state index < -0.39 is 23.2 Å². The van der Waals surface area contributed by atoms with Gasteiger partial charge in [-0.2, -0.15) is 0 Å². The molecule has 0 radical (unpaired) electrons. The number of fused-ring (bicyclic) bond motifs is 3. The molecule has 1 aliphatic rings. The molecule has 0 saturated heterocycles. The molecule has 0 saturated carbocycles. The monoisotopic (exact) mass is 443 g/mol. The van der Waals surface area contributed by atoms with Crippen molar-refractivity contribution in [3.05, 3.63) is 63.0 Å². The molecule has 1 amide bonds. The molecule has 1 N–H and O–H groups in total. The maximum absolute atomic E-state index is 13.9. The fourth-order valence-corrected chi connectivity index (χ4v) is 3.99. The second-order valence-electron chi connectivity index (χ2n) is 8.46. The van der Waals surface area contributed by atoms with Gasteiger partial charge < -0.3 is 19.2 Å². The van der Waals surface area contributed by atoms with Crippen LogP contribution < -0.4 is 20.4 Å². The number of methoxy groups -OCH3 is 1. The number of aryl methyl sites for hydroxylation is 2. The van der Waals surface area contributed by atoms with Crippen molar-refractivity contribution in [1.29, 1.82) is 0 Å². The summed E-state index contributed by atoms with van der Waals surface area (Å²) < 4.78 is 44.2. The average Bonchev–Trinajstić information content (AvgIpc) is 2.71. The van der Waals surface area contributed by atoms with Gasteiger partial charge >= 0.3 is 5.63 Å². The van der Waals surface area contributed by atoms with E-state index in [2.05, 4.69) is 5.32 Å². The van der Waals surface area contributed by atoms with E-state index in [0.29, 0.717) is 40.5 Å². The minimum absolute atomic E-state index is 0.132. The first kappa shape index (κ1) is 21.8. The van der Waals surface area contributed by atoms with Crippen molar-refractivity contribution in [3.8, 4) is 11.5 Å². The summed E-state index contributed by atoms with van der Waals surface area (Å²) in [7, 11) is 1.50. The van der Waals surface area contributed by atoms with Crippen LogP contribution in [0.3, 0.4) is 0 Å². The third-order valence-corrected chi connectivity index (χ3v) is 5.70. The molecular formula is C24H23F2NO5. The summed E-state index contributed by atoms with van der Waals surface area (Å²) in [5.74, 6) is -1.23. The van der Waals surface area contributed by atoms with Gasteiger partial charge in [-0.05, 0) is 51.3 Å². The first-order chi connectivity index (χ1) is 15.1. The van der Waals surface area contributed by atoms with Gasteiger partial charge in [0.2, 0.25) is 5.91 Å². The minimum atomic E-state index is -0.906. The summed E-state index contributed by atoms with van der Waals surface area (Å²) in [6.07, 6.45) is 1.07. The fourth-order valence-electron chi connectivity index (χ4n) is 3.99. The highest BCUT2D eigenvalue weighted by Crippen LogP contribution is 2.43. The van der Waals surface area contributed by atoms with Gasteiger partial charge in [0.1, 0.15) is 34.3 Å². The quantitative estimate of drug-likeness (QED) is 0.593. The van der Waals surface area contributed by atoms with Crippen LogP contribution in [0.25, 0.3) is 11.0 Å². The molecule has 0 atom stereocenters. The van der Waals surface area contributed by atoms with Gasteiger partial charge in [0.15, 0.2) is 0 Å². The van der Waals surface area contributed by atoms with E-state index >= 15 is 0 Å². The molecule has 0 unspecified atom stereocenters. The van der Waals surface area contributed by atoms with Crippen LogP contribution in [-0.2, 0) is 17.6 Å². The molecule has 2 heterocycles. The molecule has 32 heavy (non-hydrogen) atoms. The summed E-state index contributed by atoms with van der Waals surface area (Å²) in [6.45, 7) is 5.68. The second kappa shape index (κ2) is 7.93. The molecule has 0 fully saturated rings. The smallest absolute Gasteiger partial charge is 0.340 e. The third kappa shape index (κ3) is 3.92. The molecule has 3 aromatic rings. The minimum Gasteiger partial charge on any atom is -0.496 e. The molecule has 168 valence electrons. The summed E-state index contributed by atoms with van der Waals surface area (Å²) in [5, 5.41) is 2.95. The lowest BCUT2D eigenvalue weighted by molar-refractivity contribution is -0.115. The van der Waals surface area contributed by atoms with Gasteiger partial charge in [-0.1, -0.05) is 0 Å². The molecule has 4 rings (SSSR count). The van der Waals surface area contributed by atoms with Crippen molar-refractivity contribution < 1.29 is 27.5 Å². The molecule has 1 aliphatic heterocycles. The van der Waals surface area contributed by atoms with Crippen LogP contribution >= 0.6 is 0 Å². The predicted octanol–water partition coefficient (Wildman–Crippen LogP) is 4.67. The Kier molecular flexibility index (Phi) is 5.40. The lowest BCUT2D eigenvalue weighted by Crippen LogP contribution is -2.32. The maximum atomic E-state index is 13.9. The van der Waals surface area contributed by atoms with E-state index in [0.717, 1.165) is 24.1 Å². The maximum Gasteiger partial charge on any atom is 0.340 e. The Balaban J connectivity index is 1.75. The zero-order valence-electron chi connectivity index (χ0n) is 18.2. The van der Waals surface area contributed by atoms with E-state index in [1.54, 1.807) is 13.0 Å². The lowest BCUT2D eigenvalue weighted by atomic mass is 9.91. The molecule has 1 aromatic heterocycles.